The SMILES string of the molecule is CCC(C)[C@H](NC(=O)[C@H]([NH3+])Cc1cccc2ccccc12)C(=O)N[C@H](B(O)O)C(C)C.[Cl-]. The van der Waals surface area contributed by atoms with Gasteiger partial charge >= 0.3 is 7.12 Å². The maximum Gasteiger partial charge on any atom is 0.475 e. The van der Waals surface area contributed by atoms with Gasteiger partial charge in [-0.3, -0.25) is 9.59 Å². The number of fused-ring (bicyclic) bond motifs is 1. The molecule has 7 N–H and O–H groups in total. The Bertz CT molecular complexity index is 883. The van der Waals surface area contributed by atoms with Gasteiger partial charge in [-0.15, -0.1) is 0 Å². The van der Waals surface area contributed by atoms with Crippen LogP contribution in [0.25, 0.3) is 10.8 Å². The highest BCUT2D eigenvalue weighted by Crippen LogP contribution is 2.19. The number of hydrogen-bond acceptors (Lipinski definition) is 4. The number of nitrogens with one attached hydrogen (secondary N) is 2. The Kier molecular flexibility index (Phi) is 11.2. The number of quaternary nitrogens is 1. The molecule has 2 aromatic rings. The fraction of sp³-hybridized carbons (Fsp3) is 0.478. The smallest absolute Gasteiger partial charge is 0.475 e. The normalized spacial score (nSPS) is 14.8. The molecule has 0 aromatic heterocycles. The van der Waals surface area contributed by atoms with Crippen molar-refractivity contribution in [2.45, 2.75) is 58.6 Å². The van der Waals surface area contributed by atoms with Gasteiger partial charge in [0.1, 0.15) is 6.04 Å². The van der Waals surface area contributed by atoms with E-state index in [0.29, 0.717) is 12.8 Å². The zero-order valence-electron chi connectivity index (χ0n) is 19.2. The van der Waals surface area contributed by atoms with Gasteiger partial charge in [0.25, 0.3) is 5.91 Å². The molecule has 0 bridgehead atoms. The summed E-state index contributed by atoms with van der Waals surface area (Å²) >= 11 is 0. The van der Waals surface area contributed by atoms with Crippen LogP contribution < -0.4 is 28.8 Å². The maximum absolute atomic E-state index is 12.9. The molecule has 0 spiro atoms. The second kappa shape index (κ2) is 12.8. The van der Waals surface area contributed by atoms with E-state index in [4.69, 9.17) is 0 Å². The first kappa shape index (κ1) is 27.9. The number of benzene rings is 2. The predicted molar refractivity (Wildman–Crippen MR) is 123 cm³/mol. The zero-order chi connectivity index (χ0) is 23.1. The van der Waals surface area contributed by atoms with Crippen molar-refractivity contribution in [3.8, 4) is 0 Å². The van der Waals surface area contributed by atoms with Gasteiger partial charge in [0, 0.05) is 6.42 Å². The Morgan fingerprint density at radius 1 is 1.00 bits per heavy atom. The predicted octanol–water partition coefficient (Wildman–Crippen LogP) is -2.32. The van der Waals surface area contributed by atoms with E-state index in [-0.39, 0.29) is 30.2 Å². The van der Waals surface area contributed by atoms with Crippen molar-refractivity contribution in [3.63, 3.8) is 0 Å². The molecule has 7 nitrogen and oxygen atoms in total. The molecule has 0 aliphatic carbocycles. The summed E-state index contributed by atoms with van der Waals surface area (Å²) in [4.78, 5) is 25.8. The van der Waals surface area contributed by atoms with E-state index in [1.54, 1.807) is 13.8 Å². The van der Waals surface area contributed by atoms with Crippen LogP contribution in [0, 0.1) is 11.8 Å². The fourth-order valence-corrected chi connectivity index (χ4v) is 3.64. The Hall–Kier alpha value is -2.13. The van der Waals surface area contributed by atoms with Crippen molar-refractivity contribution in [1.82, 2.24) is 10.6 Å². The molecule has 176 valence electrons. The lowest BCUT2D eigenvalue weighted by atomic mass is 9.72. The number of carbonyl (C=O) groups is 2. The molecular weight excluding hydrogens is 429 g/mol. The summed E-state index contributed by atoms with van der Waals surface area (Å²) in [6.07, 6.45) is 1.13. The third kappa shape index (κ3) is 7.20. The first-order chi connectivity index (χ1) is 14.6. The standard InChI is InChI=1S/C23H34BN3O4.ClH/c1-5-15(4)20(23(29)27-21(14(2)3)24(30)31)26-22(28)19(25)13-17-11-8-10-16-9-6-7-12-18(16)17;/h6-12,14-15,19-21,30-31H,5,13,25H2,1-4H3,(H,26,28)(H,27,29);1H/t15?,19-,20+,21+;/m1./s1. The van der Waals surface area contributed by atoms with Crippen LogP contribution in [0.4, 0.5) is 0 Å². The molecule has 0 saturated carbocycles. The third-order valence-electron chi connectivity index (χ3n) is 5.86. The Morgan fingerprint density at radius 3 is 2.22 bits per heavy atom. The van der Waals surface area contributed by atoms with E-state index in [2.05, 4.69) is 16.4 Å². The largest absolute Gasteiger partial charge is 1.00 e. The average molecular weight is 464 g/mol. The van der Waals surface area contributed by atoms with Crippen LogP contribution in [0.3, 0.4) is 0 Å². The lowest BCUT2D eigenvalue weighted by molar-refractivity contribution is -0.403. The number of carbonyl (C=O) groups excluding carboxylic acids is 2. The summed E-state index contributed by atoms with van der Waals surface area (Å²) in [6, 6.07) is 12.6. The fourth-order valence-electron chi connectivity index (χ4n) is 3.64. The summed E-state index contributed by atoms with van der Waals surface area (Å²) in [7, 11) is -1.68. The lowest BCUT2D eigenvalue weighted by Crippen LogP contribution is -3.00. The Labute approximate surface area is 196 Å². The van der Waals surface area contributed by atoms with Crippen molar-refractivity contribution in [2.24, 2.45) is 11.8 Å². The van der Waals surface area contributed by atoms with Gasteiger partial charge in [0.15, 0.2) is 6.04 Å². The minimum Gasteiger partial charge on any atom is -1.00 e. The summed E-state index contributed by atoms with van der Waals surface area (Å²) in [6.45, 7) is 7.40. The van der Waals surface area contributed by atoms with Crippen molar-refractivity contribution < 1.29 is 37.8 Å². The van der Waals surface area contributed by atoms with Gasteiger partial charge in [-0.25, -0.2) is 0 Å². The van der Waals surface area contributed by atoms with Crippen LogP contribution in [0.15, 0.2) is 42.5 Å². The zero-order valence-corrected chi connectivity index (χ0v) is 20.0. The molecule has 32 heavy (non-hydrogen) atoms. The maximum atomic E-state index is 12.9. The highest BCUT2D eigenvalue weighted by Gasteiger charge is 2.34. The van der Waals surface area contributed by atoms with Gasteiger partial charge in [-0.1, -0.05) is 76.6 Å². The summed E-state index contributed by atoms with van der Waals surface area (Å²) in [5, 5.41) is 26.9. The van der Waals surface area contributed by atoms with Gasteiger partial charge in [-0.05, 0) is 28.2 Å². The highest BCUT2D eigenvalue weighted by molar-refractivity contribution is 6.43. The van der Waals surface area contributed by atoms with Crippen LogP contribution in [0.5, 0.6) is 0 Å². The van der Waals surface area contributed by atoms with E-state index in [1.807, 2.05) is 56.3 Å². The number of rotatable bonds is 10. The second-order valence-corrected chi connectivity index (χ2v) is 8.60. The molecule has 0 aliphatic rings. The number of halogens is 1. The molecule has 2 rings (SSSR count). The lowest BCUT2D eigenvalue weighted by Gasteiger charge is -2.28. The quantitative estimate of drug-likeness (QED) is 0.254. The monoisotopic (exact) mass is 463 g/mol. The Morgan fingerprint density at radius 2 is 1.62 bits per heavy atom. The molecule has 2 aromatic carbocycles. The minimum absolute atomic E-state index is 0. The van der Waals surface area contributed by atoms with E-state index < -0.39 is 31.1 Å². The van der Waals surface area contributed by atoms with Crippen LogP contribution in [0.1, 0.15) is 39.7 Å². The van der Waals surface area contributed by atoms with Crippen LogP contribution in [-0.2, 0) is 16.0 Å². The van der Waals surface area contributed by atoms with Gasteiger partial charge < -0.3 is 38.8 Å². The molecule has 2 amide bonds. The third-order valence-corrected chi connectivity index (χ3v) is 5.86. The highest BCUT2D eigenvalue weighted by atomic mass is 35.5. The van der Waals surface area contributed by atoms with Gasteiger partial charge in [0.05, 0.1) is 5.94 Å². The molecule has 1 unspecified atom stereocenters. The van der Waals surface area contributed by atoms with Gasteiger partial charge in [-0.2, -0.15) is 0 Å². The summed E-state index contributed by atoms with van der Waals surface area (Å²) < 4.78 is 0. The first-order valence-corrected chi connectivity index (χ1v) is 10.9. The Balaban J connectivity index is 0.00000512. The topological polar surface area (TPSA) is 126 Å². The van der Waals surface area contributed by atoms with Gasteiger partial charge in [0.2, 0.25) is 5.91 Å². The molecule has 0 saturated heterocycles. The molecule has 9 heteroatoms. The molecule has 0 heterocycles. The van der Waals surface area contributed by atoms with E-state index in [9.17, 15) is 19.6 Å². The number of hydrogen-bond donors (Lipinski definition) is 5. The van der Waals surface area contributed by atoms with Crippen molar-refractivity contribution >= 4 is 29.7 Å². The average Bonchev–Trinajstić information content (AvgIpc) is 2.74. The van der Waals surface area contributed by atoms with E-state index >= 15 is 0 Å². The number of amides is 2. The van der Waals surface area contributed by atoms with Crippen LogP contribution in [-0.4, -0.2) is 47.0 Å². The molecule has 0 radical (unpaired) electrons. The van der Waals surface area contributed by atoms with E-state index in [0.717, 1.165) is 16.3 Å². The molecule has 4 atom stereocenters. The van der Waals surface area contributed by atoms with Crippen molar-refractivity contribution in [2.75, 3.05) is 0 Å². The second-order valence-electron chi connectivity index (χ2n) is 8.60. The van der Waals surface area contributed by atoms with E-state index in [1.165, 1.54) is 0 Å². The first-order valence-electron chi connectivity index (χ1n) is 10.9. The van der Waals surface area contributed by atoms with Crippen molar-refractivity contribution in [3.05, 3.63) is 48.0 Å². The molecule has 0 aliphatic heterocycles. The minimum atomic E-state index is -1.68. The van der Waals surface area contributed by atoms with Crippen molar-refractivity contribution in [1.29, 1.82) is 0 Å². The van der Waals surface area contributed by atoms with Crippen LogP contribution >= 0.6 is 0 Å². The molecular formula is C23H35BClN3O4. The van der Waals surface area contributed by atoms with Crippen LogP contribution in [0.2, 0.25) is 0 Å². The summed E-state index contributed by atoms with van der Waals surface area (Å²) in [5.74, 6) is -1.85. The molecule has 0 fully saturated rings. The summed E-state index contributed by atoms with van der Waals surface area (Å²) in [5.41, 5.74) is 5.06.